The van der Waals surface area contributed by atoms with Crippen LogP contribution in [0.4, 0.5) is 17.1 Å². The zero-order chi connectivity index (χ0) is 17.6. The minimum Gasteiger partial charge on any atom is -0.383 e. The standard InChI is InChI=1S/C18H21N5O2.HI/c19-18(22-16-5-4-13-2-1-3-14(13)12-16)21-11-10-20-15-6-8-17(9-7-15)23(24)25;/h4-9,12,20H,1-3,10-11H2,(H3,19,21,22);1H. The number of fused-ring (bicyclic) bond motifs is 1. The van der Waals surface area contributed by atoms with Crippen molar-refractivity contribution in [3.05, 3.63) is 63.7 Å². The van der Waals surface area contributed by atoms with Gasteiger partial charge in [0, 0.05) is 30.1 Å². The number of nitro benzene ring substituents is 1. The molecule has 0 heterocycles. The molecule has 8 heteroatoms. The molecule has 3 rings (SSSR count). The molecule has 0 radical (unpaired) electrons. The number of nitrogens with one attached hydrogen (secondary N) is 2. The number of halogens is 1. The van der Waals surface area contributed by atoms with Crippen LogP contribution in [0.2, 0.25) is 0 Å². The molecule has 2 aromatic rings. The van der Waals surface area contributed by atoms with Crippen LogP contribution in [0.1, 0.15) is 17.5 Å². The maximum absolute atomic E-state index is 10.6. The van der Waals surface area contributed by atoms with Gasteiger partial charge in [0.1, 0.15) is 0 Å². The molecule has 0 fully saturated rings. The number of aryl methyl sites for hydroxylation is 2. The molecule has 0 amide bonds. The monoisotopic (exact) mass is 467 g/mol. The van der Waals surface area contributed by atoms with Gasteiger partial charge in [-0.1, -0.05) is 6.07 Å². The number of nitrogens with zero attached hydrogens (tertiary/aromatic N) is 2. The highest BCUT2D eigenvalue weighted by molar-refractivity contribution is 14.0. The van der Waals surface area contributed by atoms with Crippen LogP contribution in [0.15, 0.2) is 47.5 Å². The minimum absolute atomic E-state index is 0. The van der Waals surface area contributed by atoms with Crippen molar-refractivity contribution in [2.75, 3.05) is 23.7 Å². The van der Waals surface area contributed by atoms with Gasteiger partial charge in [-0.2, -0.15) is 0 Å². The van der Waals surface area contributed by atoms with Crippen molar-refractivity contribution in [1.29, 1.82) is 0 Å². The Hall–Kier alpha value is -2.36. The number of benzene rings is 2. The van der Waals surface area contributed by atoms with E-state index in [1.165, 1.54) is 29.7 Å². The van der Waals surface area contributed by atoms with Gasteiger partial charge >= 0.3 is 0 Å². The lowest BCUT2D eigenvalue weighted by Gasteiger charge is -2.08. The molecule has 138 valence electrons. The van der Waals surface area contributed by atoms with Gasteiger partial charge in [0.15, 0.2) is 5.96 Å². The Morgan fingerprint density at radius 1 is 1.12 bits per heavy atom. The molecule has 0 aliphatic heterocycles. The van der Waals surface area contributed by atoms with Crippen LogP contribution in [-0.4, -0.2) is 24.0 Å². The lowest BCUT2D eigenvalue weighted by Crippen LogP contribution is -2.23. The van der Waals surface area contributed by atoms with Crippen LogP contribution in [0.5, 0.6) is 0 Å². The number of hydrogen-bond donors (Lipinski definition) is 3. The highest BCUT2D eigenvalue weighted by Gasteiger charge is 2.10. The van der Waals surface area contributed by atoms with Crippen molar-refractivity contribution in [2.45, 2.75) is 19.3 Å². The molecular formula is C18H22IN5O2. The second-order valence-electron chi connectivity index (χ2n) is 5.96. The molecule has 2 aromatic carbocycles. The Bertz CT molecular complexity index is 793. The van der Waals surface area contributed by atoms with Crippen molar-refractivity contribution < 1.29 is 4.92 Å². The van der Waals surface area contributed by atoms with E-state index in [2.05, 4.69) is 27.8 Å². The Balaban J connectivity index is 0.00000243. The average Bonchev–Trinajstić information content (AvgIpc) is 3.07. The second-order valence-corrected chi connectivity index (χ2v) is 5.96. The smallest absolute Gasteiger partial charge is 0.269 e. The predicted octanol–water partition coefficient (Wildman–Crippen LogP) is 3.54. The average molecular weight is 467 g/mol. The fourth-order valence-corrected chi connectivity index (χ4v) is 2.91. The third kappa shape index (κ3) is 5.32. The maximum Gasteiger partial charge on any atom is 0.269 e. The molecule has 26 heavy (non-hydrogen) atoms. The van der Waals surface area contributed by atoms with E-state index in [4.69, 9.17) is 5.73 Å². The molecule has 0 bridgehead atoms. The summed E-state index contributed by atoms with van der Waals surface area (Å²) in [6.07, 6.45) is 3.51. The first-order valence-corrected chi connectivity index (χ1v) is 8.29. The first-order chi connectivity index (χ1) is 12.1. The quantitative estimate of drug-likeness (QED) is 0.151. The van der Waals surface area contributed by atoms with E-state index < -0.39 is 4.92 Å². The Morgan fingerprint density at radius 3 is 2.54 bits per heavy atom. The van der Waals surface area contributed by atoms with Crippen molar-refractivity contribution in [1.82, 2.24) is 0 Å². The van der Waals surface area contributed by atoms with Crippen LogP contribution in [0.25, 0.3) is 0 Å². The number of nitro groups is 1. The molecule has 1 aliphatic rings. The summed E-state index contributed by atoms with van der Waals surface area (Å²) in [7, 11) is 0. The maximum atomic E-state index is 10.6. The lowest BCUT2D eigenvalue weighted by molar-refractivity contribution is -0.384. The van der Waals surface area contributed by atoms with Gasteiger partial charge < -0.3 is 16.4 Å². The SMILES string of the molecule is I.NC(=NCCNc1ccc([N+](=O)[O-])cc1)Nc1ccc2c(c1)CCC2. The number of nitrogens with two attached hydrogens (primary N) is 1. The highest BCUT2D eigenvalue weighted by atomic mass is 127. The van der Waals surface area contributed by atoms with Crippen molar-refractivity contribution in [3.8, 4) is 0 Å². The van der Waals surface area contributed by atoms with Crippen molar-refractivity contribution in [3.63, 3.8) is 0 Å². The third-order valence-corrected chi connectivity index (χ3v) is 4.17. The summed E-state index contributed by atoms with van der Waals surface area (Å²) in [5.41, 5.74) is 10.6. The minimum atomic E-state index is -0.417. The van der Waals surface area contributed by atoms with Crippen LogP contribution < -0.4 is 16.4 Å². The van der Waals surface area contributed by atoms with E-state index in [0.717, 1.165) is 24.2 Å². The Labute approximate surface area is 169 Å². The predicted molar refractivity (Wildman–Crippen MR) is 116 cm³/mol. The molecule has 0 aromatic heterocycles. The molecule has 7 nitrogen and oxygen atoms in total. The van der Waals surface area contributed by atoms with Crippen LogP contribution in [-0.2, 0) is 12.8 Å². The fraction of sp³-hybridized carbons (Fsp3) is 0.278. The van der Waals surface area contributed by atoms with E-state index in [-0.39, 0.29) is 29.7 Å². The zero-order valence-electron chi connectivity index (χ0n) is 14.3. The van der Waals surface area contributed by atoms with Crippen LogP contribution >= 0.6 is 24.0 Å². The molecular weight excluding hydrogens is 445 g/mol. The topological polar surface area (TPSA) is 106 Å². The summed E-state index contributed by atoms with van der Waals surface area (Å²) in [5, 5.41) is 16.9. The second kappa shape index (κ2) is 9.37. The number of non-ortho nitro benzene ring substituents is 1. The summed E-state index contributed by atoms with van der Waals surface area (Å²) >= 11 is 0. The van der Waals surface area contributed by atoms with E-state index in [1.54, 1.807) is 12.1 Å². The van der Waals surface area contributed by atoms with Gasteiger partial charge in [-0.25, -0.2) is 0 Å². The van der Waals surface area contributed by atoms with E-state index in [9.17, 15) is 10.1 Å². The van der Waals surface area contributed by atoms with E-state index >= 15 is 0 Å². The number of anilines is 2. The van der Waals surface area contributed by atoms with Gasteiger partial charge in [-0.15, -0.1) is 24.0 Å². The first-order valence-electron chi connectivity index (χ1n) is 8.29. The highest BCUT2D eigenvalue weighted by Crippen LogP contribution is 2.24. The lowest BCUT2D eigenvalue weighted by atomic mass is 10.1. The van der Waals surface area contributed by atoms with Crippen molar-refractivity contribution in [2.24, 2.45) is 10.7 Å². The van der Waals surface area contributed by atoms with Crippen LogP contribution in [0, 0.1) is 10.1 Å². The molecule has 4 N–H and O–H groups in total. The number of guanidine groups is 1. The Morgan fingerprint density at radius 2 is 1.81 bits per heavy atom. The molecule has 0 spiro atoms. The van der Waals surface area contributed by atoms with Gasteiger partial charge in [0.25, 0.3) is 5.69 Å². The third-order valence-electron chi connectivity index (χ3n) is 4.17. The molecule has 1 aliphatic carbocycles. The summed E-state index contributed by atoms with van der Waals surface area (Å²) in [5.74, 6) is 0.378. The summed E-state index contributed by atoms with van der Waals surface area (Å²) in [6, 6.07) is 12.6. The molecule has 0 atom stereocenters. The summed E-state index contributed by atoms with van der Waals surface area (Å²) < 4.78 is 0. The fourth-order valence-electron chi connectivity index (χ4n) is 2.91. The number of hydrogen-bond acceptors (Lipinski definition) is 4. The number of aliphatic imine (C=N–C) groups is 1. The first kappa shape index (κ1) is 20.0. The van der Waals surface area contributed by atoms with E-state index in [0.29, 0.717) is 19.0 Å². The van der Waals surface area contributed by atoms with Gasteiger partial charge in [-0.05, 0) is 54.7 Å². The largest absolute Gasteiger partial charge is 0.383 e. The molecule has 0 saturated heterocycles. The Kier molecular flexibility index (Phi) is 7.19. The van der Waals surface area contributed by atoms with Crippen molar-refractivity contribution >= 4 is 47.0 Å². The van der Waals surface area contributed by atoms with Gasteiger partial charge in [0.2, 0.25) is 0 Å². The molecule has 0 unspecified atom stereocenters. The van der Waals surface area contributed by atoms with Gasteiger partial charge in [0.05, 0.1) is 11.5 Å². The van der Waals surface area contributed by atoms with Gasteiger partial charge in [-0.3, -0.25) is 15.1 Å². The van der Waals surface area contributed by atoms with Crippen LogP contribution in [0.3, 0.4) is 0 Å². The van der Waals surface area contributed by atoms with E-state index in [1.807, 2.05) is 6.07 Å². The normalized spacial score (nSPS) is 12.8. The molecule has 0 saturated carbocycles. The zero-order valence-corrected chi connectivity index (χ0v) is 16.6. The number of rotatable bonds is 6. The summed E-state index contributed by atoms with van der Waals surface area (Å²) in [4.78, 5) is 14.5. The summed E-state index contributed by atoms with van der Waals surface area (Å²) in [6.45, 7) is 1.09.